The summed E-state index contributed by atoms with van der Waals surface area (Å²) in [4.78, 5) is 13.8. The molecule has 0 bridgehead atoms. The Labute approximate surface area is 139 Å². The van der Waals surface area contributed by atoms with Crippen LogP contribution in [0.15, 0.2) is 24.3 Å². The summed E-state index contributed by atoms with van der Waals surface area (Å²) >= 11 is 0. The van der Waals surface area contributed by atoms with Gasteiger partial charge in [-0.1, -0.05) is 29.8 Å². The van der Waals surface area contributed by atoms with Gasteiger partial charge in [0.15, 0.2) is 0 Å². The zero-order chi connectivity index (χ0) is 17.7. The third-order valence-electron chi connectivity index (χ3n) is 4.23. The molecule has 2 rings (SSSR count). The van der Waals surface area contributed by atoms with Crippen LogP contribution in [-0.4, -0.2) is 48.3 Å². The first-order valence-corrected chi connectivity index (χ1v) is 8.06. The molecular formula is C17H23F3N2O2. The summed E-state index contributed by atoms with van der Waals surface area (Å²) < 4.78 is 36.6. The van der Waals surface area contributed by atoms with Gasteiger partial charge in [-0.25, -0.2) is 0 Å². The summed E-state index contributed by atoms with van der Waals surface area (Å²) in [5.41, 5.74) is 1.90. The lowest BCUT2D eigenvalue weighted by Crippen LogP contribution is -2.46. The van der Waals surface area contributed by atoms with E-state index in [0.717, 1.165) is 24.1 Å². The summed E-state index contributed by atoms with van der Waals surface area (Å²) in [7, 11) is 0. The molecule has 0 aliphatic carbocycles. The first kappa shape index (κ1) is 18.7. The average molecular weight is 344 g/mol. The number of hydrogen-bond acceptors (Lipinski definition) is 3. The average Bonchev–Trinajstić information content (AvgIpc) is 2.52. The quantitative estimate of drug-likeness (QED) is 0.863. The number of halogens is 3. The molecule has 1 aliphatic rings. The number of rotatable bonds is 5. The van der Waals surface area contributed by atoms with Crippen LogP contribution in [0.4, 0.5) is 13.2 Å². The molecule has 7 heteroatoms. The van der Waals surface area contributed by atoms with Gasteiger partial charge < -0.3 is 10.4 Å². The number of likely N-dealkylation sites (tertiary alicyclic amines) is 1. The number of amides is 1. The van der Waals surface area contributed by atoms with Crippen LogP contribution in [0.1, 0.15) is 30.1 Å². The van der Waals surface area contributed by atoms with Crippen molar-refractivity contribution in [1.29, 1.82) is 0 Å². The number of aryl methyl sites for hydroxylation is 1. The number of nitrogens with zero attached hydrogens (tertiary/aromatic N) is 1. The van der Waals surface area contributed by atoms with Crippen molar-refractivity contribution in [2.75, 3.05) is 26.2 Å². The molecule has 2 N–H and O–H groups in total. The molecular weight excluding hydrogens is 321 g/mol. The fourth-order valence-corrected chi connectivity index (χ4v) is 2.91. The maximum Gasteiger partial charge on any atom is 0.405 e. The molecule has 0 aromatic heterocycles. The number of piperidine rings is 1. The molecule has 4 nitrogen and oxygen atoms in total. The zero-order valence-electron chi connectivity index (χ0n) is 13.6. The maximum atomic E-state index is 12.2. The largest absolute Gasteiger partial charge is 0.405 e. The number of β-amino-alcohol motifs (C(OH)–C–C–N with tert-alkyl or cyclic N) is 1. The summed E-state index contributed by atoms with van der Waals surface area (Å²) in [6.45, 7) is 2.13. The molecule has 1 aliphatic heterocycles. The molecule has 1 amide bonds. The van der Waals surface area contributed by atoms with Gasteiger partial charge in [0.2, 0.25) is 5.91 Å². The van der Waals surface area contributed by atoms with Gasteiger partial charge in [-0.2, -0.15) is 13.2 Å². The Bertz CT molecular complexity index is 546. The van der Waals surface area contributed by atoms with E-state index in [1.165, 1.54) is 0 Å². The molecule has 1 aromatic rings. The van der Waals surface area contributed by atoms with Crippen molar-refractivity contribution in [3.63, 3.8) is 0 Å². The van der Waals surface area contributed by atoms with Crippen LogP contribution in [0.5, 0.6) is 0 Å². The lowest BCUT2D eigenvalue weighted by atomic mass is 9.96. The second kappa shape index (κ2) is 7.98. The van der Waals surface area contributed by atoms with Gasteiger partial charge in [0, 0.05) is 13.1 Å². The van der Waals surface area contributed by atoms with E-state index in [0.29, 0.717) is 19.5 Å². The van der Waals surface area contributed by atoms with Gasteiger partial charge in [-0.05, 0) is 31.9 Å². The normalized spacial score (nSPS) is 20.6. The van der Waals surface area contributed by atoms with Crippen LogP contribution < -0.4 is 5.32 Å². The van der Waals surface area contributed by atoms with Crippen LogP contribution in [0.2, 0.25) is 0 Å². The number of alkyl halides is 3. The maximum absolute atomic E-state index is 12.2. The highest BCUT2D eigenvalue weighted by Crippen LogP contribution is 2.21. The molecule has 134 valence electrons. The number of hydrogen-bond donors (Lipinski definition) is 2. The van der Waals surface area contributed by atoms with E-state index in [1.54, 1.807) is 0 Å². The minimum atomic E-state index is -4.40. The fourth-order valence-electron chi connectivity index (χ4n) is 2.91. The number of aliphatic hydroxyl groups excluding tert-OH is 1. The van der Waals surface area contributed by atoms with Gasteiger partial charge in [0.1, 0.15) is 6.54 Å². The second-order valence-electron chi connectivity index (χ2n) is 6.36. The highest BCUT2D eigenvalue weighted by atomic mass is 19.4. The molecule has 0 saturated carbocycles. The van der Waals surface area contributed by atoms with Gasteiger partial charge in [-0.3, -0.25) is 9.69 Å². The van der Waals surface area contributed by atoms with Gasteiger partial charge in [0.05, 0.1) is 12.0 Å². The number of nitrogens with one attached hydrogen (secondary N) is 1. The van der Waals surface area contributed by atoms with Crippen molar-refractivity contribution >= 4 is 5.91 Å². The highest BCUT2D eigenvalue weighted by Gasteiger charge is 2.31. The monoisotopic (exact) mass is 344 g/mol. The predicted octanol–water partition coefficient (Wildman–Crippen LogP) is 2.42. The Balaban J connectivity index is 1.86. The number of carbonyl (C=O) groups is 1. The van der Waals surface area contributed by atoms with Crippen LogP contribution in [-0.2, 0) is 4.79 Å². The molecule has 0 radical (unpaired) electrons. The Hall–Kier alpha value is -1.60. The van der Waals surface area contributed by atoms with Crippen LogP contribution in [0.25, 0.3) is 0 Å². The fraction of sp³-hybridized carbons (Fsp3) is 0.588. The van der Waals surface area contributed by atoms with Crippen molar-refractivity contribution in [3.8, 4) is 0 Å². The SMILES string of the molecule is Cc1ccc(C(O)CN2CCCC(C(=O)NCC(F)(F)F)C2)cc1. The highest BCUT2D eigenvalue weighted by molar-refractivity contribution is 5.79. The van der Waals surface area contributed by atoms with Gasteiger partial charge >= 0.3 is 6.18 Å². The second-order valence-corrected chi connectivity index (χ2v) is 6.36. The van der Waals surface area contributed by atoms with E-state index in [4.69, 9.17) is 0 Å². The number of aliphatic hydroxyl groups is 1. The molecule has 2 unspecified atom stereocenters. The molecule has 1 aromatic carbocycles. The Kier molecular flexibility index (Phi) is 6.23. The molecule has 1 heterocycles. The lowest BCUT2D eigenvalue weighted by Gasteiger charge is -2.33. The van der Waals surface area contributed by atoms with E-state index >= 15 is 0 Å². The van der Waals surface area contributed by atoms with Crippen LogP contribution >= 0.6 is 0 Å². The molecule has 0 spiro atoms. The van der Waals surface area contributed by atoms with Crippen LogP contribution in [0, 0.1) is 12.8 Å². The summed E-state index contributed by atoms with van der Waals surface area (Å²) in [6.07, 6.45) is -3.78. The van der Waals surface area contributed by atoms with Gasteiger partial charge in [0.25, 0.3) is 0 Å². The first-order valence-electron chi connectivity index (χ1n) is 8.06. The number of benzene rings is 1. The number of carbonyl (C=O) groups excluding carboxylic acids is 1. The molecule has 1 fully saturated rings. The topological polar surface area (TPSA) is 52.6 Å². The third kappa shape index (κ3) is 5.79. The van der Waals surface area contributed by atoms with E-state index in [9.17, 15) is 23.1 Å². The minimum absolute atomic E-state index is 0.367. The lowest BCUT2D eigenvalue weighted by molar-refractivity contribution is -0.141. The predicted molar refractivity (Wildman–Crippen MR) is 84.4 cm³/mol. The van der Waals surface area contributed by atoms with E-state index in [2.05, 4.69) is 0 Å². The summed E-state index contributed by atoms with van der Waals surface area (Å²) in [6, 6.07) is 7.55. The van der Waals surface area contributed by atoms with Crippen molar-refractivity contribution in [1.82, 2.24) is 10.2 Å². The molecule has 1 saturated heterocycles. The van der Waals surface area contributed by atoms with Crippen molar-refractivity contribution in [2.24, 2.45) is 5.92 Å². The molecule has 24 heavy (non-hydrogen) atoms. The van der Waals surface area contributed by atoms with Crippen LogP contribution in [0.3, 0.4) is 0 Å². The molecule has 2 atom stereocenters. The zero-order valence-corrected chi connectivity index (χ0v) is 13.6. The summed E-state index contributed by atoms with van der Waals surface area (Å²) in [5.74, 6) is -1.03. The Morgan fingerprint density at radius 2 is 2.04 bits per heavy atom. The van der Waals surface area contributed by atoms with Crippen molar-refractivity contribution in [3.05, 3.63) is 35.4 Å². The summed E-state index contributed by atoms with van der Waals surface area (Å²) in [5, 5.41) is 12.3. The first-order chi connectivity index (χ1) is 11.2. The van der Waals surface area contributed by atoms with Crippen molar-refractivity contribution < 1.29 is 23.1 Å². The van der Waals surface area contributed by atoms with Gasteiger partial charge in [-0.15, -0.1) is 0 Å². The minimum Gasteiger partial charge on any atom is -0.387 e. The van der Waals surface area contributed by atoms with E-state index < -0.39 is 30.7 Å². The van der Waals surface area contributed by atoms with E-state index in [1.807, 2.05) is 41.4 Å². The Morgan fingerprint density at radius 1 is 1.38 bits per heavy atom. The third-order valence-corrected chi connectivity index (χ3v) is 4.23. The smallest absolute Gasteiger partial charge is 0.387 e. The van der Waals surface area contributed by atoms with E-state index in [-0.39, 0.29) is 0 Å². The standard InChI is InChI=1S/C17H23F3N2O2/c1-12-4-6-13(7-5-12)15(23)10-22-8-2-3-14(9-22)16(24)21-11-17(18,19)20/h4-7,14-15,23H,2-3,8-11H2,1H3,(H,21,24). The van der Waals surface area contributed by atoms with Crippen molar-refractivity contribution in [2.45, 2.75) is 32.0 Å². The Morgan fingerprint density at radius 3 is 2.67 bits per heavy atom.